The molecule has 48 heavy (non-hydrogen) atoms. The number of fused-ring (bicyclic) bond motifs is 1. The van der Waals surface area contributed by atoms with Gasteiger partial charge in [-0.2, -0.15) is 0 Å². The highest BCUT2D eigenvalue weighted by atomic mass is 16.3. The van der Waals surface area contributed by atoms with E-state index < -0.39 is 41.5 Å². The Kier molecular flexibility index (Phi) is 7.44. The molecule has 1 unspecified atom stereocenters. The van der Waals surface area contributed by atoms with Gasteiger partial charge in [-0.25, -0.2) is 4.98 Å². The predicted octanol–water partition coefficient (Wildman–Crippen LogP) is 4.43. The fourth-order valence-corrected chi connectivity index (χ4v) is 5.76. The van der Waals surface area contributed by atoms with Crippen LogP contribution in [0.4, 0.5) is 5.69 Å². The molecule has 4 N–H and O–H groups in total. The van der Waals surface area contributed by atoms with E-state index >= 15 is 0 Å². The standard InChI is InChI=1S/C36H25N5O7/c37-32(43)21-5-3-19(4-6-21)23-17-27(39-28(18-23)30-2-1-15-48-30)20-7-10-24(11-8-20)38-33(44)22-9-12-25-26(16-22)36(47)41(35(25)46)29-13-14-31(42)40-34(29)45/h1-12,15-18,29H,13-14H2,(H2,37,43)(H,38,44)(H,40,42,45). The van der Waals surface area contributed by atoms with Crippen LogP contribution in [0.1, 0.15) is 54.3 Å². The number of rotatable bonds is 7. The Balaban J connectivity index is 1.11. The number of nitrogens with zero attached hydrogens (tertiary/aromatic N) is 2. The summed E-state index contributed by atoms with van der Waals surface area (Å²) in [4.78, 5) is 80.4. The summed E-state index contributed by atoms with van der Waals surface area (Å²) in [5.74, 6) is -2.97. The minimum atomic E-state index is -1.10. The normalized spacial score (nSPS) is 15.7. The summed E-state index contributed by atoms with van der Waals surface area (Å²) in [7, 11) is 0. The molecular formula is C36H25N5O7. The third kappa shape index (κ3) is 5.51. The lowest BCUT2D eigenvalue weighted by Crippen LogP contribution is -2.54. The Morgan fingerprint density at radius 1 is 0.792 bits per heavy atom. The molecule has 2 aromatic heterocycles. The first-order valence-corrected chi connectivity index (χ1v) is 14.9. The van der Waals surface area contributed by atoms with E-state index in [-0.39, 0.29) is 29.5 Å². The first kappa shape index (κ1) is 30.0. The van der Waals surface area contributed by atoms with Gasteiger partial charge in [0.15, 0.2) is 5.76 Å². The lowest BCUT2D eigenvalue weighted by molar-refractivity contribution is -0.136. The van der Waals surface area contributed by atoms with E-state index in [1.807, 2.05) is 12.1 Å². The average molecular weight is 640 g/mol. The molecule has 0 bridgehead atoms. The van der Waals surface area contributed by atoms with E-state index in [0.717, 1.165) is 21.6 Å². The van der Waals surface area contributed by atoms with Gasteiger partial charge in [0.25, 0.3) is 17.7 Å². The van der Waals surface area contributed by atoms with Gasteiger partial charge in [0.2, 0.25) is 17.7 Å². The lowest BCUT2D eigenvalue weighted by Gasteiger charge is -2.27. The number of anilines is 1. The molecule has 236 valence electrons. The molecule has 0 aliphatic carbocycles. The van der Waals surface area contributed by atoms with Gasteiger partial charge in [0.1, 0.15) is 11.7 Å². The van der Waals surface area contributed by atoms with Crippen LogP contribution in [-0.4, -0.2) is 51.4 Å². The zero-order chi connectivity index (χ0) is 33.5. The van der Waals surface area contributed by atoms with E-state index in [2.05, 4.69) is 10.6 Å². The fourth-order valence-electron chi connectivity index (χ4n) is 5.76. The van der Waals surface area contributed by atoms with E-state index in [0.29, 0.717) is 28.4 Å². The van der Waals surface area contributed by atoms with Gasteiger partial charge < -0.3 is 15.5 Å². The molecule has 12 nitrogen and oxygen atoms in total. The number of carbonyl (C=O) groups is 6. The zero-order valence-corrected chi connectivity index (χ0v) is 25.1. The van der Waals surface area contributed by atoms with Crippen LogP contribution in [-0.2, 0) is 9.59 Å². The molecule has 4 heterocycles. The van der Waals surface area contributed by atoms with Gasteiger partial charge in [0.05, 0.1) is 23.1 Å². The Labute approximate surface area is 272 Å². The predicted molar refractivity (Wildman–Crippen MR) is 172 cm³/mol. The van der Waals surface area contributed by atoms with Gasteiger partial charge in [-0.3, -0.25) is 39.0 Å². The van der Waals surface area contributed by atoms with Crippen LogP contribution in [0.15, 0.2) is 102 Å². The van der Waals surface area contributed by atoms with Crippen LogP contribution in [0, 0.1) is 0 Å². The number of primary amides is 1. The second-order valence-electron chi connectivity index (χ2n) is 11.3. The molecule has 2 aliphatic heterocycles. The summed E-state index contributed by atoms with van der Waals surface area (Å²) in [5.41, 5.74) is 10.2. The number of carbonyl (C=O) groups excluding carboxylic acids is 6. The monoisotopic (exact) mass is 639 g/mol. The summed E-state index contributed by atoms with van der Waals surface area (Å²) in [6.07, 6.45) is 1.61. The number of aromatic nitrogens is 1. The first-order chi connectivity index (χ1) is 23.2. The molecule has 2 aliphatic rings. The van der Waals surface area contributed by atoms with Crippen molar-refractivity contribution in [3.8, 4) is 33.8 Å². The van der Waals surface area contributed by atoms with Crippen LogP contribution in [0.5, 0.6) is 0 Å². The third-order valence-electron chi connectivity index (χ3n) is 8.24. The Bertz CT molecular complexity index is 2160. The van der Waals surface area contributed by atoms with Crippen molar-refractivity contribution in [2.24, 2.45) is 5.73 Å². The number of nitrogens with two attached hydrogens (primary N) is 1. The van der Waals surface area contributed by atoms with Crippen molar-refractivity contribution in [1.82, 2.24) is 15.2 Å². The van der Waals surface area contributed by atoms with Crippen molar-refractivity contribution < 1.29 is 33.2 Å². The number of hydrogen-bond acceptors (Lipinski definition) is 8. The molecule has 12 heteroatoms. The molecule has 0 saturated carbocycles. The Morgan fingerprint density at radius 3 is 2.17 bits per heavy atom. The number of benzene rings is 3. The molecular weight excluding hydrogens is 614 g/mol. The Hall–Kier alpha value is -6.69. The molecule has 3 aromatic carbocycles. The summed E-state index contributed by atoms with van der Waals surface area (Å²) in [6, 6.07) is 24.4. The van der Waals surface area contributed by atoms with Crippen molar-refractivity contribution in [1.29, 1.82) is 0 Å². The van der Waals surface area contributed by atoms with Crippen LogP contribution in [0.25, 0.3) is 33.8 Å². The van der Waals surface area contributed by atoms with Gasteiger partial charge in [-0.1, -0.05) is 24.3 Å². The van der Waals surface area contributed by atoms with E-state index in [1.165, 1.54) is 18.2 Å². The van der Waals surface area contributed by atoms with Crippen LogP contribution in [0.3, 0.4) is 0 Å². The van der Waals surface area contributed by atoms with Gasteiger partial charge >= 0.3 is 0 Å². The van der Waals surface area contributed by atoms with E-state index in [1.54, 1.807) is 66.9 Å². The summed E-state index contributed by atoms with van der Waals surface area (Å²) in [5, 5.41) is 4.96. The van der Waals surface area contributed by atoms with Crippen molar-refractivity contribution in [2.45, 2.75) is 18.9 Å². The molecule has 1 atom stereocenters. The lowest BCUT2D eigenvalue weighted by atomic mass is 10.00. The smallest absolute Gasteiger partial charge is 0.262 e. The van der Waals surface area contributed by atoms with Crippen molar-refractivity contribution in [3.63, 3.8) is 0 Å². The topological polar surface area (TPSA) is 182 Å². The minimum Gasteiger partial charge on any atom is -0.463 e. The number of furan rings is 1. The maximum atomic E-state index is 13.2. The second kappa shape index (κ2) is 11.9. The first-order valence-electron chi connectivity index (χ1n) is 14.9. The number of hydrogen-bond donors (Lipinski definition) is 3. The largest absolute Gasteiger partial charge is 0.463 e. The molecule has 0 spiro atoms. The van der Waals surface area contributed by atoms with Crippen molar-refractivity contribution >= 4 is 41.1 Å². The van der Waals surface area contributed by atoms with Gasteiger partial charge in [-0.05, 0) is 84.3 Å². The maximum absolute atomic E-state index is 13.2. The molecule has 1 fully saturated rings. The molecule has 7 rings (SSSR count). The number of pyridine rings is 1. The molecule has 5 aromatic rings. The third-order valence-corrected chi connectivity index (χ3v) is 8.24. The highest BCUT2D eigenvalue weighted by Gasteiger charge is 2.44. The van der Waals surface area contributed by atoms with Crippen LogP contribution in [0.2, 0.25) is 0 Å². The fraction of sp³-hybridized carbons (Fsp3) is 0.0833. The average Bonchev–Trinajstić information content (AvgIpc) is 3.72. The van der Waals surface area contributed by atoms with Gasteiger partial charge in [0, 0.05) is 28.8 Å². The minimum absolute atomic E-state index is 0.00902. The molecule has 6 amide bonds. The molecule has 1 saturated heterocycles. The van der Waals surface area contributed by atoms with Crippen molar-refractivity contribution in [3.05, 3.63) is 120 Å². The highest BCUT2D eigenvalue weighted by molar-refractivity contribution is 6.24. The van der Waals surface area contributed by atoms with Crippen LogP contribution >= 0.6 is 0 Å². The summed E-state index contributed by atoms with van der Waals surface area (Å²) < 4.78 is 5.60. The number of imide groups is 2. The second-order valence-corrected chi connectivity index (χ2v) is 11.3. The number of piperidine rings is 1. The SMILES string of the molecule is NC(=O)c1ccc(-c2cc(-c3ccc(NC(=O)c4ccc5c(c4)C(=O)N(C4CCC(=O)NC4=O)C5=O)cc3)nc(-c3ccco3)c2)cc1. The number of amides is 6. The maximum Gasteiger partial charge on any atom is 0.262 e. The quantitative estimate of drug-likeness (QED) is 0.219. The van der Waals surface area contributed by atoms with Crippen molar-refractivity contribution in [2.75, 3.05) is 5.32 Å². The zero-order valence-electron chi connectivity index (χ0n) is 25.1. The highest BCUT2D eigenvalue weighted by Crippen LogP contribution is 2.32. The Morgan fingerprint density at radius 2 is 1.48 bits per heavy atom. The van der Waals surface area contributed by atoms with E-state index in [4.69, 9.17) is 15.1 Å². The van der Waals surface area contributed by atoms with Gasteiger partial charge in [-0.15, -0.1) is 0 Å². The summed E-state index contributed by atoms with van der Waals surface area (Å²) in [6.45, 7) is 0. The summed E-state index contributed by atoms with van der Waals surface area (Å²) >= 11 is 0. The molecule has 0 radical (unpaired) electrons. The van der Waals surface area contributed by atoms with E-state index in [9.17, 15) is 28.8 Å². The number of nitrogens with one attached hydrogen (secondary N) is 2. The van der Waals surface area contributed by atoms with Crippen LogP contribution < -0.4 is 16.4 Å².